The first-order valence-corrected chi connectivity index (χ1v) is 11.2. The zero-order valence-corrected chi connectivity index (χ0v) is 18.7. The normalized spacial score (nSPS) is 22.5. The van der Waals surface area contributed by atoms with E-state index in [0.717, 1.165) is 8.61 Å². The molecule has 2 rings (SSSR count). The Labute approximate surface area is 189 Å². The zero-order chi connectivity index (χ0) is 23.7. The Morgan fingerprint density at radius 1 is 0.969 bits per heavy atom. The standard InChI is InChI=1S/C18H20N8O4S2/c1-3-25(31(27)28)17-11-15(21-23-19)9-7-13(17)5-6-14-8-10-16(22-24-20)12-18(14)26(4-2)32(29)30/h5-12H,3-4H2,1-2H3,(H,27,28)(H,29,30)/p-2. The number of hydrogen-bond donors (Lipinski definition) is 0. The predicted octanol–water partition coefficient (Wildman–Crippen LogP) is 2.57. The molecule has 168 valence electrons. The molecule has 0 spiro atoms. The Morgan fingerprint density at radius 3 is 1.84 bits per heavy atom. The van der Waals surface area contributed by atoms with Crippen LogP contribution in [0.5, 0.6) is 0 Å². The monoisotopic (exact) mass is 474 g/mol. The maximum absolute atomic E-state index is 11.7. The minimum atomic E-state index is -2.57. The summed E-state index contributed by atoms with van der Waals surface area (Å²) in [4.78, 5) is 0. The van der Waals surface area contributed by atoms with Gasteiger partial charge >= 0.3 is 5.08 Å². The van der Waals surface area contributed by atoms with Gasteiger partial charge in [-0.3, -0.25) is 13.6 Å². The molecule has 0 aromatic heterocycles. The molecule has 12 nitrogen and oxygen atoms in total. The van der Waals surface area contributed by atoms with Gasteiger partial charge in [0, 0.05) is 35.6 Å². The van der Waals surface area contributed by atoms with Crippen LogP contribution in [0.4, 0.5) is 0 Å². The molecule has 2 aliphatic carbocycles. The molecule has 0 saturated carbocycles. The lowest BCUT2D eigenvalue weighted by molar-refractivity contribution is 0.452. The number of allylic oxidation sites excluding steroid dienone is 8. The average molecular weight is 475 g/mol. The van der Waals surface area contributed by atoms with Crippen LogP contribution in [-0.4, -0.2) is 50.6 Å². The summed E-state index contributed by atoms with van der Waals surface area (Å²) in [6.45, 7) is 3.58. The molecule has 0 radical (unpaired) electrons. The van der Waals surface area contributed by atoms with Gasteiger partial charge in [0.1, 0.15) is 0 Å². The maximum atomic E-state index is 11.7. The topological polar surface area (TPSA) is 174 Å². The lowest BCUT2D eigenvalue weighted by Crippen LogP contribution is -2.27. The van der Waals surface area contributed by atoms with Crippen molar-refractivity contribution in [2.24, 2.45) is 15.4 Å². The van der Waals surface area contributed by atoms with Gasteiger partial charge in [-0.05, 0) is 48.9 Å². The predicted molar refractivity (Wildman–Crippen MR) is 119 cm³/mol. The molecule has 0 fully saturated rings. The van der Waals surface area contributed by atoms with Gasteiger partial charge in [0.2, 0.25) is 0 Å². The van der Waals surface area contributed by atoms with Crippen LogP contribution in [0.15, 0.2) is 86.6 Å². The second kappa shape index (κ2) is 11.9. The van der Waals surface area contributed by atoms with E-state index in [-0.39, 0.29) is 35.9 Å². The van der Waals surface area contributed by atoms with Crippen LogP contribution in [0, 0.1) is 5.39 Å². The van der Waals surface area contributed by atoms with E-state index in [1.165, 1.54) is 24.3 Å². The Balaban J connectivity index is 2.57. The Kier molecular flexibility index (Phi) is 9.22. The van der Waals surface area contributed by atoms with Gasteiger partial charge in [0.15, 0.2) is 10.8 Å². The number of diazo groups is 1. The highest BCUT2D eigenvalue weighted by Gasteiger charge is 2.19. The number of rotatable bonds is 8. The summed E-state index contributed by atoms with van der Waals surface area (Å²) in [6.07, 6.45) is 12.3. The highest BCUT2D eigenvalue weighted by Crippen LogP contribution is 2.26. The van der Waals surface area contributed by atoms with E-state index in [9.17, 15) is 17.5 Å². The molecule has 0 aromatic carbocycles. The molecule has 14 heteroatoms. The fraction of sp³-hybridized carbons (Fsp3) is 0.222. The molecular weight excluding hydrogens is 456 g/mol. The van der Waals surface area contributed by atoms with E-state index in [0.29, 0.717) is 11.1 Å². The van der Waals surface area contributed by atoms with Gasteiger partial charge in [0.25, 0.3) is 5.39 Å². The molecule has 0 N–H and O–H groups in total. The van der Waals surface area contributed by atoms with Crippen molar-refractivity contribution in [2.75, 3.05) is 13.1 Å². The summed E-state index contributed by atoms with van der Waals surface area (Å²) >= 11 is -5.14. The third-order valence-corrected chi connectivity index (χ3v) is 5.89. The first kappa shape index (κ1) is 24.9. The quantitative estimate of drug-likeness (QED) is 0.227. The highest BCUT2D eigenvalue weighted by atomic mass is 32.2. The van der Waals surface area contributed by atoms with Crippen molar-refractivity contribution in [3.05, 3.63) is 81.8 Å². The van der Waals surface area contributed by atoms with E-state index in [1.807, 2.05) is 0 Å². The summed E-state index contributed by atoms with van der Waals surface area (Å²) in [6, 6.07) is 0. The molecule has 0 amide bonds. The van der Waals surface area contributed by atoms with Crippen LogP contribution in [0.25, 0.3) is 10.6 Å². The largest absolute Gasteiger partial charge is 0.755 e. The summed E-state index contributed by atoms with van der Waals surface area (Å²) in [5, 5.41) is 21.1. The van der Waals surface area contributed by atoms with Crippen molar-refractivity contribution < 1.29 is 17.5 Å². The Morgan fingerprint density at radius 2 is 1.44 bits per heavy atom. The van der Waals surface area contributed by atoms with Gasteiger partial charge in [-0.2, -0.15) is 0 Å². The van der Waals surface area contributed by atoms with Crippen LogP contribution < -0.4 is 0 Å². The molecule has 0 aromatic rings. The van der Waals surface area contributed by atoms with Crippen molar-refractivity contribution in [1.29, 1.82) is 5.39 Å². The van der Waals surface area contributed by atoms with Crippen molar-refractivity contribution >= 4 is 34.0 Å². The van der Waals surface area contributed by atoms with Gasteiger partial charge in [-0.1, -0.05) is 30.4 Å². The first-order chi connectivity index (χ1) is 15.4. The van der Waals surface area contributed by atoms with E-state index in [2.05, 4.69) is 20.5 Å². The molecule has 0 heterocycles. The van der Waals surface area contributed by atoms with Crippen LogP contribution in [0.3, 0.4) is 0 Å². The van der Waals surface area contributed by atoms with Gasteiger partial charge < -0.3 is 28.3 Å². The number of nitrogens with zero attached hydrogens (tertiary/aromatic N) is 8. The van der Waals surface area contributed by atoms with E-state index in [1.54, 1.807) is 38.2 Å². The third-order valence-electron chi connectivity index (χ3n) is 4.26. The van der Waals surface area contributed by atoms with Crippen molar-refractivity contribution in [3.63, 3.8) is 0 Å². The Bertz CT molecular complexity index is 1110. The molecule has 0 saturated heterocycles. The van der Waals surface area contributed by atoms with Gasteiger partial charge in [-0.25, -0.2) is 0 Å². The fourth-order valence-electron chi connectivity index (χ4n) is 2.90. The van der Waals surface area contributed by atoms with Crippen LogP contribution in [-0.2, 0) is 22.5 Å². The maximum Gasteiger partial charge on any atom is 0.339 e. The molecule has 32 heavy (non-hydrogen) atoms. The number of likely N-dealkylation sites (N-methyl/N-ethyl adjacent to an activating group) is 2. The minimum Gasteiger partial charge on any atom is -0.755 e. The molecule has 0 bridgehead atoms. The molecule has 2 atom stereocenters. The Hall–Kier alpha value is -3.38. The molecule has 2 unspecified atom stereocenters. The third kappa shape index (κ3) is 6.08. The first-order valence-electron chi connectivity index (χ1n) is 9.16. The summed E-state index contributed by atoms with van der Waals surface area (Å²) in [5.41, 5.74) is 10.7. The molecular formula is C18H18N8O4S2-2. The molecule has 0 aliphatic heterocycles. The SMILES string of the molecule is CCN(C1=CC(=NN=[N-])C=CC1=CC=C1C=CC(=N[N+]#N)C=C1N(CC)S(=O)[O-])S(=O)[O-]. The average Bonchev–Trinajstić information content (AvgIpc) is 2.75. The smallest absolute Gasteiger partial charge is 0.339 e. The van der Waals surface area contributed by atoms with Crippen LogP contribution >= 0.6 is 0 Å². The van der Waals surface area contributed by atoms with Crippen molar-refractivity contribution in [2.45, 2.75) is 13.8 Å². The fourth-order valence-corrected chi connectivity index (χ4v) is 3.96. The van der Waals surface area contributed by atoms with Gasteiger partial charge in [-0.15, -0.1) is 0 Å². The van der Waals surface area contributed by atoms with Crippen LogP contribution in [0.2, 0.25) is 0 Å². The second-order valence-electron chi connectivity index (χ2n) is 6.02. The zero-order valence-electron chi connectivity index (χ0n) is 17.1. The van der Waals surface area contributed by atoms with E-state index < -0.39 is 22.5 Å². The van der Waals surface area contributed by atoms with E-state index >= 15 is 0 Å². The van der Waals surface area contributed by atoms with Crippen molar-refractivity contribution in [1.82, 2.24) is 8.61 Å². The summed E-state index contributed by atoms with van der Waals surface area (Å²) in [5.74, 6) is 0. The van der Waals surface area contributed by atoms with Gasteiger partial charge in [0.05, 0.1) is 11.4 Å². The number of hydrogen-bond acceptors (Lipinski definition) is 7. The second-order valence-corrected chi connectivity index (χ2v) is 7.77. The van der Waals surface area contributed by atoms with Crippen molar-refractivity contribution in [3.8, 4) is 0 Å². The summed E-state index contributed by atoms with van der Waals surface area (Å²) < 4.78 is 48.8. The van der Waals surface area contributed by atoms with E-state index in [4.69, 9.17) is 10.9 Å². The summed E-state index contributed by atoms with van der Waals surface area (Å²) in [7, 11) is 0. The lowest BCUT2D eigenvalue weighted by Gasteiger charge is -2.30. The highest BCUT2D eigenvalue weighted by molar-refractivity contribution is 7.77. The molecule has 2 aliphatic rings. The lowest BCUT2D eigenvalue weighted by atomic mass is 10.0. The minimum absolute atomic E-state index is 0.140. The van der Waals surface area contributed by atoms with Crippen LogP contribution in [0.1, 0.15) is 13.8 Å².